The Labute approximate surface area is 158 Å². The first-order chi connectivity index (χ1) is 13.1. The molecule has 0 radical (unpaired) electrons. The van der Waals surface area contributed by atoms with E-state index < -0.39 is 6.10 Å². The molecule has 1 aromatic carbocycles. The number of phenolic OH excluding ortho intramolecular Hbond substituents is 1. The maximum atomic E-state index is 12.7. The van der Waals surface area contributed by atoms with Crippen molar-refractivity contribution in [3.63, 3.8) is 0 Å². The van der Waals surface area contributed by atoms with E-state index in [0.29, 0.717) is 42.7 Å². The van der Waals surface area contributed by atoms with Crippen LogP contribution >= 0.6 is 0 Å². The number of hydrogen-bond acceptors (Lipinski definition) is 6. The lowest BCUT2D eigenvalue weighted by molar-refractivity contribution is -0.129. The number of benzene rings is 1. The van der Waals surface area contributed by atoms with Gasteiger partial charge in [0.25, 0.3) is 0 Å². The van der Waals surface area contributed by atoms with Crippen LogP contribution in [0.15, 0.2) is 42.9 Å². The third kappa shape index (κ3) is 3.88. The third-order valence-corrected chi connectivity index (χ3v) is 5.72. The molecule has 0 bridgehead atoms. The van der Waals surface area contributed by atoms with E-state index in [-0.39, 0.29) is 24.1 Å². The lowest BCUT2D eigenvalue weighted by Crippen LogP contribution is -2.43. The van der Waals surface area contributed by atoms with Crippen LogP contribution < -0.4 is 5.32 Å². The Hall–Kier alpha value is -2.67. The summed E-state index contributed by atoms with van der Waals surface area (Å²) >= 11 is 0. The summed E-state index contributed by atoms with van der Waals surface area (Å²) in [6, 6.07) is 6.87. The molecule has 27 heavy (non-hydrogen) atoms. The van der Waals surface area contributed by atoms with Crippen molar-refractivity contribution in [1.29, 1.82) is 0 Å². The topological polar surface area (TPSA) is 98.6 Å². The summed E-state index contributed by atoms with van der Waals surface area (Å²) in [5.74, 6) is 1.51. The van der Waals surface area contributed by atoms with Crippen molar-refractivity contribution in [2.75, 3.05) is 18.4 Å². The minimum atomic E-state index is -0.471. The van der Waals surface area contributed by atoms with E-state index in [1.165, 1.54) is 0 Å². The molecule has 1 aliphatic carbocycles. The number of anilines is 1. The number of likely N-dealkylation sites (tertiary alicyclic amines) is 1. The van der Waals surface area contributed by atoms with Crippen LogP contribution in [0.4, 0.5) is 5.82 Å². The number of carbonyl (C=O) groups excluding carboxylic acids is 1. The Balaban J connectivity index is 1.38. The molecule has 2 fully saturated rings. The summed E-state index contributed by atoms with van der Waals surface area (Å²) < 4.78 is 0. The second kappa shape index (κ2) is 7.52. The zero-order valence-electron chi connectivity index (χ0n) is 15.0. The van der Waals surface area contributed by atoms with Crippen molar-refractivity contribution in [2.45, 2.75) is 31.4 Å². The van der Waals surface area contributed by atoms with Gasteiger partial charge in [-0.15, -0.1) is 0 Å². The number of carbonyl (C=O) groups is 1. The Bertz CT molecular complexity index is 801. The van der Waals surface area contributed by atoms with Crippen LogP contribution in [0.3, 0.4) is 0 Å². The maximum absolute atomic E-state index is 12.7. The molecule has 4 atom stereocenters. The molecule has 2 heterocycles. The Morgan fingerprint density at radius 3 is 2.70 bits per heavy atom. The molecule has 142 valence electrons. The zero-order valence-corrected chi connectivity index (χ0v) is 15.0. The number of phenols is 1. The number of hydrogen-bond donors (Lipinski definition) is 3. The highest BCUT2D eigenvalue weighted by Gasteiger charge is 2.43. The minimum absolute atomic E-state index is 0.0267. The van der Waals surface area contributed by atoms with E-state index in [1.807, 2.05) is 11.0 Å². The first kappa shape index (κ1) is 17.7. The standard InChI is InChI=1S/C20H24N4O3/c25-17-4-2-1-3-13(17)9-20(27)24-11-14-7-16(18(26)8-15(14)12-24)23-19-10-21-5-6-22-19/h1-6,10,14-16,18,25-26H,7-9,11-12H2,(H,22,23)/t14-,15+,16-,18-/m1/s1. The van der Waals surface area contributed by atoms with Crippen molar-refractivity contribution >= 4 is 11.7 Å². The number of aromatic nitrogens is 2. The second-order valence-electron chi connectivity index (χ2n) is 7.50. The van der Waals surface area contributed by atoms with Crippen molar-refractivity contribution in [1.82, 2.24) is 14.9 Å². The van der Waals surface area contributed by atoms with Gasteiger partial charge in [-0.25, -0.2) is 4.98 Å². The van der Waals surface area contributed by atoms with Crippen LogP contribution in [0.1, 0.15) is 18.4 Å². The molecule has 1 saturated carbocycles. The van der Waals surface area contributed by atoms with Crippen LogP contribution in [-0.2, 0) is 11.2 Å². The maximum Gasteiger partial charge on any atom is 0.227 e. The van der Waals surface area contributed by atoms with E-state index in [1.54, 1.807) is 36.8 Å². The normalized spacial score (nSPS) is 27.2. The average Bonchev–Trinajstić information content (AvgIpc) is 3.07. The van der Waals surface area contributed by atoms with Gasteiger partial charge in [-0.05, 0) is 30.7 Å². The summed E-state index contributed by atoms with van der Waals surface area (Å²) in [4.78, 5) is 22.8. The first-order valence-corrected chi connectivity index (χ1v) is 9.35. The van der Waals surface area contributed by atoms with Gasteiger partial charge >= 0.3 is 0 Å². The van der Waals surface area contributed by atoms with Crippen LogP contribution in [0.5, 0.6) is 5.75 Å². The number of nitrogens with one attached hydrogen (secondary N) is 1. The van der Waals surface area contributed by atoms with Crippen LogP contribution in [-0.4, -0.2) is 56.2 Å². The van der Waals surface area contributed by atoms with Crippen LogP contribution in [0, 0.1) is 11.8 Å². The molecule has 4 rings (SSSR count). The molecule has 1 saturated heterocycles. The molecule has 3 N–H and O–H groups in total. The fourth-order valence-corrected chi connectivity index (χ4v) is 4.29. The third-order valence-electron chi connectivity index (χ3n) is 5.72. The van der Waals surface area contributed by atoms with Crippen molar-refractivity contribution in [2.24, 2.45) is 11.8 Å². The molecule has 0 unspecified atom stereocenters. The molecular weight excluding hydrogens is 344 g/mol. The van der Waals surface area contributed by atoms with Crippen molar-refractivity contribution in [3.05, 3.63) is 48.4 Å². The van der Waals surface area contributed by atoms with Crippen LogP contribution in [0.2, 0.25) is 0 Å². The Kier molecular flexibility index (Phi) is 4.94. The number of para-hydroxylation sites is 1. The van der Waals surface area contributed by atoms with E-state index in [2.05, 4.69) is 15.3 Å². The second-order valence-corrected chi connectivity index (χ2v) is 7.50. The zero-order chi connectivity index (χ0) is 18.8. The molecule has 1 aromatic heterocycles. The van der Waals surface area contributed by atoms with Crippen LogP contribution in [0.25, 0.3) is 0 Å². The highest BCUT2D eigenvalue weighted by molar-refractivity contribution is 5.79. The van der Waals surface area contributed by atoms with E-state index >= 15 is 0 Å². The van der Waals surface area contributed by atoms with Gasteiger partial charge in [0.15, 0.2) is 0 Å². The van der Waals surface area contributed by atoms with Gasteiger partial charge in [0.2, 0.25) is 5.91 Å². The van der Waals surface area contributed by atoms with Gasteiger partial charge in [0.1, 0.15) is 11.6 Å². The highest BCUT2D eigenvalue weighted by Crippen LogP contribution is 2.37. The Morgan fingerprint density at radius 1 is 1.19 bits per heavy atom. The van der Waals surface area contributed by atoms with Gasteiger partial charge in [0, 0.05) is 31.0 Å². The number of aliphatic hydroxyl groups excluding tert-OH is 1. The fraction of sp³-hybridized carbons (Fsp3) is 0.450. The number of nitrogens with zero attached hydrogens (tertiary/aromatic N) is 3. The average molecular weight is 368 g/mol. The summed E-state index contributed by atoms with van der Waals surface area (Å²) in [5, 5.41) is 23.7. The molecule has 7 nitrogen and oxygen atoms in total. The largest absolute Gasteiger partial charge is 0.508 e. The molecule has 2 aromatic rings. The summed E-state index contributed by atoms with van der Waals surface area (Å²) in [5.41, 5.74) is 0.652. The van der Waals surface area contributed by atoms with E-state index in [9.17, 15) is 15.0 Å². The predicted molar refractivity (Wildman–Crippen MR) is 100 cm³/mol. The first-order valence-electron chi connectivity index (χ1n) is 9.35. The summed E-state index contributed by atoms with van der Waals surface area (Å²) in [6.45, 7) is 1.37. The van der Waals surface area contributed by atoms with Crippen molar-refractivity contribution in [3.8, 4) is 5.75 Å². The monoisotopic (exact) mass is 368 g/mol. The van der Waals surface area contributed by atoms with E-state index in [4.69, 9.17) is 0 Å². The van der Waals surface area contributed by atoms with Gasteiger partial charge in [-0.3, -0.25) is 9.78 Å². The number of fused-ring (bicyclic) bond motifs is 1. The number of amides is 1. The smallest absolute Gasteiger partial charge is 0.227 e. The molecule has 7 heteroatoms. The molecule has 1 amide bonds. The van der Waals surface area contributed by atoms with Gasteiger partial charge in [-0.1, -0.05) is 18.2 Å². The molecule has 0 spiro atoms. The van der Waals surface area contributed by atoms with Gasteiger partial charge in [-0.2, -0.15) is 0 Å². The quantitative estimate of drug-likeness (QED) is 0.755. The minimum Gasteiger partial charge on any atom is -0.508 e. The summed E-state index contributed by atoms with van der Waals surface area (Å²) in [7, 11) is 0. The molecule has 1 aliphatic heterocycles. The van der Waals surface area contributed by atoms with Crippen molar-refractivity contribution < 1.29 is 15.0 Å². The number of aromatic hydroxyl groups is 1. The molecular formula is C20H24N4O3. The fourth-order valence-electron chi connectivity index (χ4n) is 4.29. The predicted octanol–water partition coefficient (Wildman–Crippen LogP) is 1.43. The number of aliphatic hydroxyl groups is 1. The molecule has 2 aliphatic rings. The SMILES string of the molecule is O=C(Cc1ccccc1O)N1C[C@H]2C[C@@H](Nc3cnccn3)[C@H](O)C[C@H]2C1. The van der Waals surface area contributed by atoms with Gasteiger partial charge < -0.3 is 20.4 Å². The lowest BCUT2D eigenvalue weighted by Gasteiger charge is -2.35. The van der Waals surface area contributed by atoms with Gasteiger partial charge in [0.05, 0.1) is 24.8 Å². The summed E-state index contributed by atoms with van der Waals surface area (Å²) in [6.07, 6.45) is 6.08. The number of rotatable bonds is 4. The van der Waals surface area contributed by atoms with E-state index in [0.717, 1.165) is 6.42 Å². The highest BCUT2D eigenvalue weighted by atomic mass is 16.3. The Morgan fingerprint density at radius 2 is 1.96 bits per heavy atom. The lowest BCUT2D eigenvalue weighted by atomic mass is 9.77.